The lowest BCUT2D eigenvalue weighted by atomic mass is 10.0. The van der Waals surface area contributed by atoms with Gasteiger partial charge >= 0.3 is 6.03 Å². The number of carbonyl (C=O) groups excluding carboxylic acids is 1. The van der Waals surface area contributed by atoms with Crippen molar-refractivity contribution in [2.75, 3.05) is 32.1 Å². The number of carbonyl (C=O) groups is 1. The molecule has 1 unspecified atom stereocenters. The second kappa shape index (κ2) is 8.32. The molecule has 0 aliphatic carbocycles. The zero-order chi connectivity index (χ0) is 17.5. The molecule has 25 heavy (non-hydrogen) atoms. The van der Waals surface area contributed by atoms with Gasteiger partial charge in [-0.2, -0.15) is 0 Å². The second-order valence-electron chi connectivity index (χ2n) is 5.87. The summed E-state index contributed by atoms with van der Waals surface area (Å²) < 4.78 is 5.20. The third-order valence-electron chi connectivity index (χ3n) is 4.28. The summed E-state index contributed by atoms with van der Waals surface area (Å²) in [7, 11) is 1.65. The maximum Gasteiger partial charge on any atom is 0.317 e. The van der Waals surface area contributed by atoms with E-state index in [0.717, 1.165) is 30.7 Å². The largest absolute Gasteiger partial charge is 0.497 e. The minimum absolute atomic E-state index is 0.0285. The lowest BCUT2D eigenvalue weighted by molar-refractivity contribution is 0.193. The van der Waals surface area contributed by atoms with Crippen LogP contribution in [-0.4, -0.2) is 47.6 Å². The van der Waals surface area contributed by atoms with Gasteiger partial charge in [0.2, 0.25) is 0 Å². The third kappa shape index (κ3) is 4.37. The molecular weight excluding hydrogens is 318 g/mol. The monoisotopic (exact) mass is 341 g/mol. The van der Waals surface area contributed by atoms with Crippen LogP contribution in [0.1, 0.15) is 24.4 Å². The number of amides is 2. The summed E-state index contributed by atoms with van der Waals surface area (Å²) in [6.07, 6.45) is 6.91. The van der Waals surface area contributed by atoms with Crippen LogP contribution >= 0.6 is 0 Å². The number of benzene rings is 1. The highest BCUT2D eigenvalue weighted by Crippen LogP contribution is 2.32. The first-order chi connectivity index (χ1) is 12.3. The van der Waals surface area contributed by atoms with Gasteiger partial charge < -0.3 is 20.3 Å². The Hall–Kier alpha value is -2.83. The Bertz CT molecular complexity index is 678. The van der Waals surface area contributed by atoms with Gasteiger partial charge in [0, 0.05) is 32.0 Å². The highest BCUT2D eigenvalue weighted by molar-refractivity contribution is 5.75. The molecule has 2 heterocycles. The zero-order valence-electron chi connectivity index (χ0n) is 14.3. The minimum Gasteiger partial charge on any atom is -0.497 e. The minimum atomic E-state index is -0.0285. The van der Waals surface area contributed by atoms with Crippen LogP contribution in [0.2, 0.25) is 0 Å². The van der Waals surface area contributed by atoms with E-state index in [1.165, 1.54) is 0 Å². The molecule has 1 atom stereocenters. The number of likely N-dealkylation sites (tertiary alicyclic amines) is 1. The quantitative estimate of drug-likeness (QED) is 0.789. The molecule has 2 N–H and O–H groups in total. The number of urea groups is 1. The van der Waals surface area contributed by atoms with E-state index in [1.54, 1.807) is 25.7 Å². The molecule has 0 saturated carbocycles. The van der Waals surface area contributed by atoms with Gasteiger partial charge in [-0.15, -0.1) is 0 Å². The van der Waals surface area contributed by atoms with Gasteiger partial charge in [0.15, 0.2) is 0 Å². The molecule has 1 aliphatic heterocycles. The summed E-state index contributed by atoms with van der Waals surface area (Å²) in [6, 6.07) is 8.04. The van der Waals surface area contributed by atoms with E-state index in [-0.39, 0.29) is 12.1 Å². The first kappa shape index (κ1) is 17.0. The fourth-order valence-electron chi connectivity index (χ4n) is 3.03. The molecule has 7 heteroatoms. The molecule has 0 radical (unpaired) electrons. The summed E-state index contributed by atoms with van der Waals surface area (Å²) >= 11 is 0. The first-order valence-corrected chi connectivity index (χ1v) is 8.46. The Morgan fingerprint density at radius 3 is 2.84 bits per heavy atom. The lowest BCUT2D eigenvalue weighted by Gasteiger charge is -2.25. The summed E-state index contributed by atoms with van der Waals surface area (Å²) in [5.74, 6) is 1.53. The Morgan fingerprint density at radius 2 is 2.12 bits per heavy atom. The van der Waals surface area contributed by atoms with Gasteiger partial charge in [-0.3, -0.25) is 4.98 Å². The number of anilines is 1. The standard InChI is InChI=1S/C18H23N5O2/c1-25-15-6-4-14(5-7-15)16-3-2-12-23(16)18(24)22-11-10-21-17-13-19-8-9-20-17/h4-9,13,16H,2-3,10-12H2,1H3,(H,20,21)(H,22,24). The van der Waals surface area contributed by atoms with Crippen LogP contribution in [0.15, 0.2) is 42.9 Å². The van der Waals surface area contributed by atoms with Crippen LogP contribution in [0.25, 0.3) is 0 Å². The molecule has 3 rings (SSSR count). The van der Waals surface area contributed by atoms with Crippen molar-refractivity contribution in [3.8, 4) is 5.75 Å². The Balaban J connectivity index is 1.50. The number of hydrogen-bond donors (Lipinski definition) is 2. The third-order valence-corrected chi connectivity index (χ3v) is 4.28. The number of ether oxygens (including phenoxy) is 1. The SMILES string of the molecule is COc1ccc(C2CCCN2C(=O)NCCNc2cnccn2)cc1. The molecule has 1 saturated heterocycles. The van der Waals surface area contributed by atoms with Crippen molar-refractivity contribution < 1.29 is 9.53 Å². The fraction of sp³-hybridized carbons (Fsp3) is 0.389. The number of aromatic nitrogens is 2. The number of methoxy groups -OCH3 is 1. The average molecular weight is 341 g/mol. The van der Waals surface area contributed by atoms with Crippen molar-refractivity contribution >= 4 is 11.8 Å². The maximum absolute atomic E-state index is 12.5. The molecule has 2 amide bonds. The van der Waals surface area contributed by atoms with Crippen LogP contribution in [0.5, 0.6) is 5.75 Å². The first-order valence-electron chi connectivity index (χ1n) is 8.46. The van der Waals surface area contributed by atoms with E-state index in [0.29, 0.717) is 18.9 Å². The topological polar surface area (TPSA) is 79.4 Å². The molecule has 2 aromatic rings. The second-order valence-corrected chi connectivity index (χ2v) is 5.87. The van der Waals surface area contributed by atoms with E-state index in [1.807, 2.05) is 29.2 Å². The van der Waals surface area contributed by atoms with E-state index in [2.05, 4.69) is 20.6 Å². The van der Waals surface area contributed by atoms with Crippen LogP contribution in [0.4, 0.5) is 10.6 Å². The summed E-state index contributed by atoms with van der Waals surface area (Å²) in [5, 5.41) is 6.09. The highest BCUT2D eigenvalue weighted by atomic mass is 16.5. The van der Waals surface area contributed by atoms with Gasteiger partial charge in [-0.25, -0.2) is 9.78 Å². The normalized spacial score (nSPS) is 16.5. The maximum atomic E-state index is 12.5. The van der Waals surface area contributed by atoms with Crippen molar-refractivity contribution in [1.82, 2.24) is 20.2 Å². The van der Waals surface area contributed by atoms with E-state index < -0.39 is 0 Å². The molecule has 1 aromatic heterocycles. The molecule has 0 spiro atoms. The Kier molecular flexibility index (Phi) is 5.66. The average Bonchev–Trinajstić information content (AvgIpc) is 3.16. The summed E-state index contributed by atoms with van der Waals surface area (Å²) in [6.45, 7) is 1.91. The fourth-order valence-corrected chi connectivity index (χ4v) is 3.03. The molecule has 1 aliphatic rings. The summed E-state index contributed by atoms with van der Waals surface area (Å²) in [5.41, 5.74) is 1.14. The van der Waals surface area contributed by atoms with E-state index >= 15 is 0 Å². The van der Waals surface area contributed by atoms with Crippen molar-refractivity contribution in [3.05, 3.63) is 48.4 Å². The smallest absolute Gasteiger partial charge is 0.317 e. The Labute approximate surface area is 147 Å². The molecule has 7 nitrogen and oxygen atoms in total. The zero-order valence-corrected chi connectivity index (χ0v) is 14.3. The highest BCUT2D eigenvalue weighted by Gasteiger charge is 2.29. The summed E-state index contributed by atoms with van der Waals surface area (Å²) in [4.78, 5) is 22.5. The van der Waals surface area contributed by atoms with E-state index in [4.69, 9.17) is 4.74 Å². The number of nitrogens with zero attached hydrogens (tertiary/aromatic N) is 3. The van der Waals surface area contributed by atoms with Crippen LogP contribution in [0, 0.1) is 0 Å². The van der Waals surface area contributed by atoms with Crippen LogP contribution in [0.3, 0.4) is 0 Å². The van der Waals surface area contributed by atoms with Gasteiger partial charge in [-0.05, 0) is 30.5 Å². The Morgan fingerprint density at radius 1 is 1.28 bits per heavy atom. The number of hydrogen-bond acceptors (Lipinski definition) is 5. The van der Waals surface area contributed by atoms with Crippen molar-refractivity contribution in [3.63, 3.8) is 0 Å². The van der Waals surface area contributed by atoms with Gasteiger partial charge in [0.1, 0.15) is 11.6 Å². The van der Waals surface area contributed by atoms with Gasteiger partial charge in [0.05, 0.1) is 19.3 Å². The molecule has 0 bridgehead atoms. The molecular formula is C18H23N5O2. The predicted octanol–water partition coefficient (Wildman–Crippen LogP) is 2.44. The molecule has 132 valence electrons. The molecule has 1 aromatic carbocycles. The van der Waals surface area contributed by atoms with Crippen molar-refractivity contribution in [1.29, 1.82) is 0 Å². The molecule has 1 fully saturated rings. The van der Waals surface area contributed by atoms with Gasteiger partial charge in [-0.1, -0.05) is 12.1 Å². The number of rotatable bonds is 6. The number of nitrogens with one attached hydrogen (secondary N) is 2. The van der Waals surface area contributed by atoms with Crippen LogP contribution < -0.4 is 15.4 Å². The van der Waals surface area contributed by atoms with Gasteiger partial charge in [0.25, 0.3) is 0 Å². The lowest BCUT2D eigenvalue weighted by Crippen LogP contribution is -2.41. The van der Waals surface area contributed by atoms with E-state index in [9.17, 15) is 4.79 Å². The van der Waals surface area contributed by atoms with Crippen molar-refractivity contribution in [2.24, 2.45) is 0 Å². The van der Waals surface area contributed by atoms with Crippen molar-refractivity contribution in [2.45, 2.75) is 18.9 Å². The predicted molar refractivity (Wildman–Crippen MR) is 95.6 cm³/mol. The van der Waals surface area contributed by atoms with Crippen LogP contribution in [-0.2, 0) is 0 Å².